The first-order valence-electron chi connectivity index (χ1n) is 10.1. The van der Waals surface area contributed by atoms with E-state index in [1.54, 1.807) is 36.5 Å². The zero-order valence-electron chi connectivity index (χ0n) is 18.2. The molecule has 11 heteroatoms. The number of nitrogens with zero attached hydrogens (tertiary/aromatic N) is 4. The molecule has 0 amide bonds. The van der Waals surface area contributed by atoms with E-state index < -0.39 is 7.12 Å². The molecule has 34 heavy (non-hydrogen) atoms. The van der Waals surface area contributed by atoms with Gasteiger partial charge in [-0.15, -0.1) is 0 Å². The van der Waals surface area contributed by atoms with E-state index in [0.717, 1.165) is 17.7 Å². The molecule has 2 aromatic heterocycles. The summed E-state index contributed by atoms with van der Waals surface area (Å²) in [5.74, 6) is 0. The Kier molecular flexibility index (Phi) is 11.9. The molecule has 0 spiro atoms. The Bertz CT molecular complexity index is 1170. The molecule has 0 saturated heterocycles. The van der Waals surface area contributed by atoms with Gasteiger partial charge in [-0.2, -0.15) is 0 Å². The largest absolute Gasteiger partial charge is 0.488 e. The highest BCUT2D eigenvalue weighted by molar-refractivity contribution is 6.58. The molecule has 176 valence electrons. The highest BCUT2D eigenvalue weighted by Gasteiger charge is 2.09. The Morgan fingerprint density at radius 1 is 0.794 bits per heavy atom. The molecular formula is C23H22BCl3N4O3. The second-order valence-corrected chi connectivity index (χ2v) is 7.75. The minimum absolute atomic E-state index is 0.0828. The zero-order valence-corrected chi connectivity index (χ0v) is 20.5. The van der Waals surface area contributed by atoms with Crippen molar-refractivity contribution in [1.82, 2.24) is 19.9 Å². The normalized spacial score (nSPS) is 9.85. The topological polar surface area (TPSA) is 112 Å². The lowest BCUT2D eigenvalue weighted by atomic mass is 9.80. The molecule has 0 atom stereocenters. The predicted molar refractivity (Wildman–Crippen MR) is 136 cm³/mol. The Hall–Kier alpha value is -2.59. The van der Waals surface area contributed by atoms with Crippen LogP contribution >= 0.6 is 34.8 Å². The van der Waals surface area contributed by atoms with Crippen LogP contribution in [0.25, 0.3) is 11.3 Å². The van der Waals surface area contributed by atoms with E-state index in [2.05, 4.69) is 39.0 Å². The van der Waals surface area contributed by atoms with Gasteiger partial charge in [0.05, 0.1) is 12.3 Å². The molecule has 0 aliphatic carbocycles. The molecule has 0 fully saturated rings. The third kappa shape index (κ3) is 9.73. The molecular weight excluding hydrogens is 497 g/mol. The van der Waals surface area contributed by atoms with Crippen molar-refractivity contribution in [3.63, 3.8) is 0 Å². The van der Waals surface area contributed by atoms with Gasteiger partial charge in [-0.1, -0.05) is 61.0 Å². The number of aliphatic hydroxyl groups is 1. The molecule has 3 N–H and O–H groups in total. The summed E-state index contributed by atoms with van der Waals surface area (Å²) < 4.78 is 0. The summed E-state index contributed by atoms with van der Waals surface area (Å²) in [6, 6.07) is 18.2. The van der Waals surface area contributed by atoms with Crippen molar-refractivity contribution in [1.29, 1.82) is 0 Å². The van der Waals surface area contributed by atoms with E-state index in [1.807, 2.05) is 18.2 Å². The van der Waals surface area contributed by atoms with Gasteiger partial charge >= 0.3 is 7.12 Å². The fraction of sp³-hybridized carbons (Fsp3) is 0.130. The summed E-state index contributed by atoms with van der Waals surface area (Å²) in [5.41, 5.74) is 4.32. The van der Waals surface area contributed by atoms with Crippen LogP contribution in [0, 0.1) is 0 Å². The van der Waals surface area contributed by atoms with Crippen LogP contribution in [-0.2, 0) is 13.0 Å². The van der Waals surface area contributed by atoms with Crippen molar-refractivity contribution < 1.29 is 15.2 Å². The van der Waals surface area contributed by atoms with Crippen LogP contribution in [0.1, 0.15) is 18.1 Å². The molecule has 0 radical (unpaired) electrons. The Balaban J connectivity index is 0.000000190. The number of aryl methyl sites for hydroxylation is 1. The summed E-state index contributed by atoms with van der Waals surface area (Å²) in [7, 11) is -1.46. The number of hydrogen-bond donors (Lipinski definition) is 3. The van der Waals surface area contributed by atoms with Gasteiger partial charge in [0.2, 0.25) is 10.6 Å². The highest BCUT2D eigenvalue weighted by Crippen LogP contribution is 2.19. The fourth-order valence-corrected chi connectivity index (χ4v) is 3.09. The van der Waals surface area contributed by atoms with Crippen LogP contribution < -0.4 is 5.46 Å². The quantitative estimate of drug-likeness (QED) is 0.212. The monoisotopic (exact) mass is 518 g/mol. The number of benzene rings is 2. The Morgan fingerprint density at radius 3 is 2.00 bits per heavy atom. The average Bonchev–Trinajstić information content (AvgIpc) is 2.85. The fourth-order valence-electron chi connectivity index (χ4n) is 2.61. The zero-order chi connectivity index (χ0) is 24.9. The molecule has 4 aromatic rings. The second kappa shape index (κ2) is 14.6. The molecule has 0 saturated carbocycles. The highest BCUT2D eigenvalue weighted by atomic mass is 35.5. The van der Waals surface area contributed by atoms with E-state index in [-0.39, 0.29) is 17.2 Å². The van der Waals surface area contributed by atoms with Crippen LogP contribution in [0.15, 0.2) is 73.1 Å². The summed E-state index contributed by atoms with van der Waals surface area (Å²) in [6.45, 7) is 2.05. The van der Waals surface area contributed by atoms with Gasteiger partial charge in [0.1, 0.15) is 5.15 Å². The minimum Gasteiger partial charge on any atom is -0.423 e. The number of aromatic nitrogens is 4. The average molecular weight is 520 g/mol. The third-order valence-electron chi connectivity index (χ3n) is 4.28. The van der Waals surface area contributed by atoms with Crippen LogP contribution in [0.5, 0.6) is 0 Å². The van der Waals surface area contributed by atoms with Gasteiger partial charge in [0.25, 0.3) is 0 Å². The first-order chi connectivity index (χ1) is 16.3. The van der Waals surface area contributed by atoms with Crippen LogP contribution in [0.3, 0.4) is 0 Å². The number of hydrogen-bond acceptors (Lipinski definition) is 7. The van der Waals surface area contributed by atoms with E-state index in [0.29, 0.717) is 16.2 Å². The SMILES string of the molecule is CCc1cccc(-c2ccnc(Cl)n2)c1.Clc1ccnc(Cl)n1.OCc1cccc(B(O)O)c1. The van der Waals surface area contributed by atoms with Gasteiger partial charge in [0, 0.05) is 18.0 Å². The maximum Gasteiger partial charge on any atom is 0.488 e. The first kappa shape index (κ1) is 27.7. The van der Waals surface area contributed by atoms with Crippen molar-refractivity contribution in [3.05, 3.63) is 99.9 Å². The molecule has 0 aliphatic heterocycles. The molecule has 4 rings (SSSR count). The summed E-state index contributed by atoms with van der Waals surface area (Å²) in [4.78, 5) is 15.2. The number of rotatable bonds is 4. The van der Waals surface area contributed by atoms with Crippen molar-refractivity contribution in [2.75, 3.05) is 0 Å². The molecule has 0 bridgehead atoms. The lowest BCUT2D eigenvalue weighted by Gasteiger charge is -2.02. The standard InChI is InChI=1S/C12H11ClN2.C7H9BO3.C4H2Cl2N2/c1-2-9-4-3-5-10(8-9)11-6-7-14-12(13)15-11;9-5-6-2-1-3-7(4-6)8(10)11;5-3-1-2-7-4(6)8-3/h3-8H,2H2,1H3;1-4,9-11H,5H2;1-2H. The van der Waals surface area contributed by atoms with E-state index in [4.69, 9.17) is 50.0 Å². The number of aliphatic hydroxyl groups excluding tert-OH is 1. The minimum atomic E-state index is -1.46. The van der Waals surface area contributed by atoms with Gasteiger partial charge in [-0.05, 0) is 64.4 Å². The lowest BCUT2D eigenvalue weighted by molar-refractivity contribution is 0.282. The maximum absolute atomic E-state index is 8.72. The Labute approximate surface area is 213 Å². The van der Waals surface area contributed by atoms with E-state index in [9.17, 15) is 0 Å². The van der Waals surface area contributed by atoms with Crippen LogP contribution in [-0.4, -0.2) is 42.2 Å². The molecule has 0 aliphatic rings. The van der Waals surface area contributed by atoms with Gasteiger partial charge in [-0.3, -0.25) is 0 Å². The molecule has 2 aromatic carbocycles. The van der Waals surface area contributed by atoms with Gasteiger partial charge in [-0.25, -0.2) is 19.9 Å². The van der Waals surface area contributed by atoms with Gasteiger partial charge in [0.15, 0.2) is 0 Å². The first-order valence-corrected chi connectivity index (χ1v) is 11.2. The van der Waals surface area contributed by atoms with Crippen molar-refractivity contribution in [2.24, 2.45) is 0 Å². The number of halogens is 3. The van der Waals surface area contributed by atoms with Crippen molar-refractivity contribution in [2.45, 2.75) is 20.0 Å². The van der Waals surface area contributed by atoms with Crippen molar-refractivity contribution >= 4 is 47.4 Å². The smallest absolute Gasteiger partial charge is 0.423 e. The van der Waals surface area contributed by atoms with E-state index in [1.165, 1.54) is 11.8 Å². The predicted octanol–water partition coefficient (Wildman–Crippen LogP) is 4.00. The maximum atomic E-state index is 8.72. The van der Waals surface area contributed by atoms with Crippen molar-refractivity contribution in [3.8, 4) is 11.3 Å². The molecule has 0 unspecified atom stereocenters. The Morgan fingerprint density at radius 2 is 1.44 bits per heavy atom. The third-order valence-corrected chi connectivity index (χ3v) is 4.86. The van der Waals surface area contributed by atoms with Crippen LogP contribution in [0.4, 0.5) is 0 Å². The van der Waals surface area contributed by atoms with Crippen LogP contribution in [0.2, 0.25) is 15.7 Å². The van der Waals surface area contributed by atoms with E-state index >= 15 is 0 Å². The lowest BCUT2D eigenvalue weighted by Crippen LogP contribution is -2.29. The summed E-state index contributed by atoms with van der Waals surface area (Å²) in [6.07, 6.45) is 4.19. The second-order valence-electron chi connectivity index (χ2n) is 6.69. The van der Waals surface area contributed by atoms with Gasteiger partial charge < -0.3 is 15.2 Å². The summed E-state index contributed by atoms with van der Waals surface area (Å²) in [5, 5.41) is 26.9. The molecule has 7 nitrogen and oxygen atoms in total. The summed E-state index contributed by atoms with van der Waals surface area (Å²) >= 11 is 16.5. The molecule has 2 heterocycles.